The van der Waals surface area contributed by atoms with E-state index < -0.39 is 0 Å². The van der Waals surface area contributed by atoms with Crippen molar-refractivity contribution in [3.8, 4) is 0 Å². The number of primary amides is 1. The van der Waals surface area contributed by atoms with Gasteiger partial charge in [-0.1, -0.05) is 0 Å². The number of nitrogens with zero attached hydrogens (tertiary/aromatic N) is 1. The van der Waals surface area contributed by atoms with Crippen LogP contribution in [0.1, 0.15) is 40.5 Å². The third-order valence-electron chi connectivity index (χ3n) is 3.36. The van der Waals surface area contributed by atoms with Crippen molar-refractivity contribution in [2.75, 3.05) is 6.54 Å². The summed E-state index contributed by atoms with van der Waals surface area (Å²) in [5.74, 6) is 0.297. The Hall–Kier alpha value is -0.810. The van der Waals surface area contributed by atoms with Gasteiger partial charge in [0.15, 0.2) is 0 Å². The summed E-state index contributed by atoms with van der Waals surface area (Å²) in [6.45, 7) is 2.64. The van der Waals surface area contributed by atoms with Crippen molar-refractivity contribution in [2.45, 2.75) is 31.8 Å². The Labute approximate surface area is 102 Å². The Bertz CT molecular complexity index is 462. The van der Waals surface area contributed by atoms with Gasteiger partial charge in [0.25, 0.3) is 5.91 Å². The van der Waals surface area contributed by atoms with Gasteiger partial charge in [-0.05, 0) is 28.8 Å². The van der Waals surface area contributed by atoms with Gasteiger partial charge < -0.3 is 15.6 Å². The maximum atomic E-state index is 11.5. The van der Waals surface area contributed by atoms with Crippen LogP contribution in [0.5, 0.6) is 0 Å². The lowest BCUT2D eigenvalue weighted by Gasteiger charge is -2.19. The first kappa shape index (κ1) is 10.4. The second-order valence-corrected chi connectivity index (χ2v) is 5.28. The van der Waals surface area contributed by atoms with Gasteiger partial charge in [0, 0.05) is 36.9 Å². The number of hydrogen-bond acceptors (Lipinski definition) is 2. The predicted molar refractivity (Wildman–Crippen MR) is 64.3 cm³/mol. The second-order valence-electron chi connectivity index (χ2n) is 4.49. The molecule has 0 spiro atoms. The van der Waals surface area contributed by atoms with E-state index in [0.717, 1.165) is 29.8 Å². The van der Waals surface area contributed by atoms with E-state index in [1.807, 2.05) is 0 Å². The molecule has 0 radical (unpaired) electrons. The van der Waals surface area contributed by atoms with Crippen LogP contribution in [0.2, 0.25) is 0 Å². The fourth-order valence-corrected chi connectivity index (χ4v) is 3.46. The van der Waals surface area contributed by atoms with Gasteiger partial charge in [-0.3, -0.25) is 4.79 Å². The molecule has 0 bridgehead atoms. The average molecular weight is 284 g/mol. The minimum Gasteiger partial charge on any atom is -0.366 e. The molecule has 1 aromatic heterocycles. The Morgan fingerprint density at radius 2 is 2.25 bits per heavy atom. The number of nitrogens with two attached hydrogens (primary N) is 1. The summed E-state index contributed by atoms with van der Waals surface area (Å²) in [6, 6.07) is 0. The lowest BCUT2D eigenvalue weighted by atomic mass is 10.2. The zero-order valence-corrected chi connectivity index (χ0v) is 10.5. The lowest BCUT2D eigenvalue weighted by Crippen LogP contribution is -2.30. The van der Waals surface area contributed by atoms with Crippen molar-refractivity contribution in [3.05, 3.63) is 21.4 Å². The van der Waals surface area contributed by atoms with E-state index in [2.05, 4.69) is 25.8 Å². The molecule has 2 aliphatic rings. The van der Waals surface area contributed by atoms with Crippen molar-refractivity contribution in [1.29, 1.82) is 0 Å². The van der Waals surface area contributed by atoms with Gasteiger partial charge in [0.2, 0.25) is 0 Å². The molecular weight excluding hydrogens is 270 g/mol. The summed E-state index contributed by atoms with van der Waals surface area (Å²) in [6.07, 6.45) is 2.46. The molecule has 1 aromatic rings. The molecule has 4 nitrogen and oxygen atoms in total. The molecule has 1 aliphatic heterocycles. The number of fused-ring (bicyclic) bond motifs is 1. The average Bonchev–Trinajstić information content (AvgIpc) is 3.01. The molecule has 0 saturated heterocycles. The zero-order chi connectivity index (χ0) is 11.3. The highest BCUT2D eigenvalue weighted by Crippen LogP contribution is 2.46. The van der Waals surface area contributed by atoms with Gasteiger partial charge in [0.05, 0.1) is 10.0 Å². The van der Waals surface area contributed by atoms with Crippen molar-refractivity contribution >= 4 is 21.8 Å². The summed E-state index contributed by atoms with van der Waals surface area (Å²) in [7, 11) is 0. The lowest BCUT2D eigenvalue weighted by molar-refractivity contribution is 0.0998. The van der Waals surface area contributed by atoms with Crippen molar-refractivity contribution in [3.63, 3.8) is 0 Å². The number of halogens is 1. The normalized spacial score (nSPS) is 19.6. The number of carbonyl (C=O) groups excluding carboxylic acids is 1. The van der Waals surface area contributed by atoms with Gasteiger partial charge in [-0.25, -0.2) is 0 Å². The van der Waals surface area contributed by atoms with Crippen LogP contribution in [0.4, 0.5) is 0 Å². The highest BCUT2D eigenvalue weighted by atomic mass is 79.9. The zero-order valence-electron chi connectivity index (χ0n) is 8.92. The Morgan fingerprint density at radius 3 is 2.88 bits per heavy atom. The van der Waals surface area contributed by atoms with Crippen molar-refractivity contribution in [1.82, 2.24) is 9.88 Å². The van der Waals surface area contributed by atoms with Crippen LogP contribution in [0.25, 0.3) is 0 Å². The van der Waals surface area contributed by atoms with E-state index in [-0.39, 0.29) is 5.91 Å². The number of nitrogens with one attached hydrogen (secondary N) is 1. The van der Waals surface area contributed by atoms with E-state index in [1.165, 1.54) is 18.5 Å². The van der Waals surface area contributed by atoms with E-state index in [1.54, 1.807) is 0 Å². The van der Waals surface area contributed by atoms with Crippen LogP contribution in [-0.4, -0.2) is 17.0 Å². The summed E-state index contributed by atoms with van der Waals surface area (Å²) < 4.78 is 3.21. The summed E-state index contributed by atoms with van der Waals surface area (Å²) >= 11 is 3.55. The third-order valence-corrected chi connectivity index (χ3v) is 4.17. The molecule has 1 aliphatic carbocycles. The molecule has 3 rings (SSSR count). The molecule has 0 unspecified atom stereocenters. The van der Waals surface area contributed by atoms with Gasteiger partial charge in [-0.2, -0.15) is 0 Å². The van der Waals surface area contributed by atoms with Crippen molar-refractivity contribution < 1.29 is 4.79 Å². The molecule has 5 heteroatoms. The molecule has 0 aromatic carbocycles. The maximum absolute atomic E-state index is 11.5. The largest absolute Gasteiger partial charge is 0.366 e. The summed E-state index contributed by atoms with van der Waals surface area (Å²) in [5, 5.41) is 3.29. The molecule has 1 amide bonds. The fraction of sp³-hybridized carbons (Fsp3) is 0.545. The number of rotatable bonds is 2. The fourth-order valence-electron chi connectivity index (χ4n) is 2.50. The van der Waals surface area contributed by atoms with Crippen LogP contribution in [0, 0.1) is 0 Å². The van der Waals surface area contributed by atoms with Gasteiger partial charge >= 0.3 is 0 Å². The van der Waals surface area contributed by atoms with Crippen molar-refractivity contribution in [2.24, 2.45) is 5.73 Å². The minimum atomic E-state index is -0.328. The highest BCUT2D eigenvalue weighted by Gasteiger charge is 2.34. The Kier molecular flexibility index (Phi) is 2.33. The second kappa shape index (κ2) is 3.60. The van der Waals surface area contributed by atoms with Crippen LogP contribution in [0.3, 0.4) is 0 Å². The van der Waals surface area contributed by atoms with Crippen LogP contribution < -0.4 is 11.1 Å². The Balaban J connectivity index is 2.21. The van der Waals surface area contributed by atoms with Gasteiger partial charge in [-0.15, -0.1) is 0 Å². The highest BCUT2D eigenvalue weighted by molar-refractivity contribution is 9.10. The maximum Gasteiger partial charge on any atom is 0.251 e. The van der Waals surface area contributed by atoms with Gasteiger partial charge in [0.1, 0.15) is 0 Å². The molecule has 3 N–H and O–H groups in total. The van der Waals surface area contributed by atoms with E-state index in [4.69, 9.17) is 5.73 Å². The topological polar surface area (TPSA) is 60.1 Å². The minimum absolute atomic E-state index is 0.328. The molecule has 86 valence electrons. The van der Waals surface area contributed by atoms with E-state index in [0.29, 0.717) is 11.5 Å². The summed E-state index contributed by atoms with van der Waals surface area (Å²) in [4.78, 5) is 11.5. The van der Waals surface area contributed by atoms with Crippen LogP contribution >= 0.6 is 15.9 Å². The summed E-state index contributed by atoms with van der Waals surface area (Å²) in [5.41, 5.74) is 8.47. The third kappa shape index (κ3) is 1.42. The first-order valence-electron chi connectivity index (χ1n) is 5.61. The molecule has 0 atom stereocenters. The molecule has 2 heterocycles. The number of hydrogen-bond donors (Lipinski definition) is 2. The van der Waals surface area contributed by atoms with Crippen LogP contribution in [-0.2, 0) is 13.1 Å². The SMILES string of the molecule is NC(=O)c1c(Br)c(C2CC2)n2c1CNCC2. The quantitative estimate of drug-likeness (QED) is 0.860. The molecule has 1 fully saturated rings. The predicted octanol–water partition coefficient (Wildman–Crippen LogP) is 1.33. The van der Waals surface area contributed by atoms with E-state index >= 15 is 0 Å². The standard InChI is InChI=1S/C11H14BrN3O/c12-9-8(11(13)16)7-5-14-3-4-15(7)10(9)6-1-2-6/h6,14H,1-5H2,(H2,13,16). The van der Waals surface area contributed by atoms with Crippen LogP contribution in [0.15, 0.2) is 4.47 Å². The number of aromatic nitrogens is 1. The monoisotopic (exact) mass is 283 g/mol. The van der Waals surface area contributed by atoms with E-state index in [9.17, 15) is 4.79 Å². The smallest absolute Gasteiger partial charge is 0.251 e. The molecular formula is C11H14BrN3O. The molecule has 1 saturated carbocycles. The number of carbonyl (C=O) groups is 1. The molecule has 16 heavy (non-hydrogen) atoms. The Morgan fingerprint density at radius 1 is 1.50 bits per heavy atom. The first-order valence-corrected chi connectivity index (χ1v) is 6.40. The first-order chi connectivity index (χ1) is 7.70. The number of amides is 1.